The van der Waals surface area contributed by atoms with Crippen molar-refractivity contribution in [1.82, 2.24) is 0 Å². The predicted octanol–water partition coefficient (Wildman–Crippen LogP) is 5.64. The summed E-state index contributed by atoms with van der Waals surface area (Å²) in [5, 5.41) is 4.20. The van der Waals surface area contributed by atoms with Crippen LogP contribution in [0.4, 0.5) is 5.69 Å². The first-order valence-electron chi connectivity index (χ1n) is 7.97. The Hall–Kier alpha value is -2.44. The minimum absolute atomic E-state index is 0.239. The molecule has 0 atom stereocenters. The molecule has 4 rings (SSSR count). The van der Waals surface area contributed by atoms with Crippen LogP contribution in [0.5, 0.6) is 0 Å². The number of carbonyl (C=O) groups excluding carboxylic acids is 1. The van der Waals surface area contributed by atoms with Crippen LogP contribution in [0.2, 0.25) is 0 Å². The Morgan fingerprint density at radius 3 is 2.65 bits per heavy atom. The molecular formula is C20H14BrNO3S. The van der Waals surface area contributed by atoms with E-state index in [1.165, 1.54) is 11.3 Å². The van der Waals surface area contributed by atoms with E-state index in [4.69, 9.17) is 4.42 Å². The molecule has 2 aromatic carbocycles. The number of carbonyl (C=O) groups is 1. The maximum Gasteiger partial charge on any atom is 0.345 e. The Bertz CT molecular complexity index is 1240. The zero-order valence-electron chi connectivity index (χ0n) is 14.1. The van der Waals surface area contributed by atoms with Crippen molar-refractivity contribution in [2.75, 3.05) is 5.32 Å². The Morgan fingerprint density at radius 2 is 1.88 bits per heavy atom. The number of amides is 1. The lowest BCUT2D eigenvalue weighted by molar-refractivity contribution is 0.103. The molecule has 0 aliphatic carbocycles. The van der Waals surface area contributed by atoms with E-state index in [1.54, 1.807) is 12.1 Å². The molecule has 0 radical (unpaired) electrons. The number of halogens is 1. The van der Waals surface area contributed by atoms with Crippen molar-refractivity contribution in [2.24, 2.45) is 0 Å². The molecule has 0 aliphatic heterocycles. The van der Waals surface area contributed by atoms with Crippen LogP contribution in [-0.4, -0.2) is 5.91 Å². The molecule has 2 aromatic heterocycles. The van der Waals surface area contributed by atoms with Crippen molar-refractivity contribution < 1.29 is 9.21 Å². The summed E-state index contributed by atoms with van der Waals surface area (Å²) in [4.78, 5) is 25.4. The number of thiophene rings is 1. The molecular weight excluding hydrogens is 414 g/mol. The maximum atomic E-state index is 12.7. The van der Waals surface area contributed by atoms with Gasteiger partial charge in [-0.1, -0.05) is 27.6 Å². The number of nitrogens with one attached hydrogen (secondary N) is 1. The highest BCUT2D eigenvalue weighted by atomic mass is 79.9. The number of hydrogen-bond donors (Lipinski definition) is 1. The summed E-state index contributed by atoms with van der Waals surface area (Å²) < 4.78 is 7.12. The molecule has 26 heavy (non-hydrogen) atoms. The standard InChI is InChI=1S/C20H14BrNO3S/c1-10-3-6-16-13(7-10)18-14(20(24)25-16)9-17(26-18)19(23)22-15-5-4-12(21)8-11(15)2/h3-9H,1-2H3,(H,22,23). The number of fused-ring (bicyclic) bond motifs is 3. The summed E-state index contributed by atoms with van der Waals surface area (Å²) in [7, 11) is 0. The van der Waals surface area contributed by atoms with Crippen molar-refractivity contribution in [1.29, 1.82) is 0 Å². The van der Waals surface area contributed by atoms with E-state index in [0.717, 1.165) is 31.4 Å². The van der Waals surface area contributed by atoms with Gasteiger partial charge in [0.1, 0.15) is 5.58 Å². The summed E-state index contributed by atoms with van der Waals surface area (Å²) in [5.41, 5.74) is 2.87. The molecule has 0 bridgehead atoms. The zero-order valence-corrected chi connectivity index (χ0v) is 16.5. The molecule has 0 aliphatic rings. The Balaban J connectivity index is 1.80. The summed E-state index contributed by atoms with van der Waals surface area (Å²) >= 11 is 4.72. The fraction of sp³-hybridized carbons (Fsp3) is 0.100. The molecule has 1 amide bonds. The van der Waals surface area contributed by atoms with E-state index in [0.29, 0.717) is 15.8 Å². The van der Waals surface area contributed by atoms with E-state index in [2.05, 4.69) is 21.2 Å². The minimum Gasteiger partial charge on any atom is -0.422 e. The summed E-state index contributed by atoms with van der Waals surface area (Å²) in [6.45, 7) is 3.91. The van der Waals surface area contributed by atoms with Crippen LogP contribution < -0.4 is 10.9 Å². The van der Waals surface area contributed by atoms with Crippen LogP contribution >= 0.6 is 27.3 Å². The molecule has 0 spiro atoms. The lowest BCUT2D eigenvalue weighted by Crippen LogP contribution is -2.11. The largest absolute Gasteiger partial charge is 0.422 e. The lowest BCUT2D eigenvalue weighted by Gasteiger charge is -2.07. The summed E-state index contributed by atoms with van der Waals surface area (Å²) in [5.74, 6) is -0.239. The third kappa shape index (κ3) is 2.95. The molecule has 1 N–H and O–H groups in total. The highest BCUT2D eigenvalue weighted by Gasteiger charge is 2.16. The normalized spacial score (nSPS) is 11.2. The van der Waals surface area contributed by atoms with Gasteiger partial charge in [0.05, 0.1) is 15.0 Å². The molecule has 6 heteroatoms. The fourth-order valence-electron chi connectivity index (χ4n) is 2.87. The number of anilines is 1. The average molecular weight is 428 g/mol. The van der Waals surface area contributed by atoms with Gasteiger partial charge in [0.15, 0.2) is 0 Å². The van der Waals surface area contributed by atoms with Gasteiger partial charge in [0.25, 0.3) is 5.91 Å². The number of aryl methyl sites for hydroxylation is 2. The molecule has 130 valence electrons. The van der Waals surface area contributed by atoms with Crippen molar-refractivity contribution in [3.8, 4) is 0 Å². The van der Waals surface area contributed by atoms with Gasteiger partial charge in [-0.25, -0.2) is 4.79 Å². The van der Waals surface area contributed by atoms with Gasteiger partial charge in [0, 0.05) is 15.5 Å². The van der Waals surface area contributed by atoms with Gasteiger partial charge in [-0.15, -0.1) is 11.3 Å². The topological polar surface area (TPSA) is 59.3 Å². The molecule has 0 fully saturated rings. The van der Waals surface area contributed by atoms with Crippen LogP contribution in [0.3, 0.4) is 0 Å². The SMILES string of the molecule is Cc1ccc2oc(=O)c3cc(C(=O)Nc4ccc(Br)cc4C)sc3c2c1. The second-order valence-electron chi connectivity index (χ2n) is 6.16. The van der Waals surface area contributed by atoms with E-state index in [1.807, 2.05) is 44.2 Å². The maximum absolute atomic E-state index is 12.7. The first kappa shape index (κ1) is 17.0. The van der Waals surface area contributed by atoms with Crippen LogP contribution in [0.25, 0.3) is 21.1 Å². The second kappa shape index (κ2) is 6.37. The second-order valence-corrected chi connectivity index (χ2v) is 8.12. The summed E-state index contributed by atoms with van der Waals surface area (Å²) in [6.07, 6.45) is 0. The van der Waals surface area contributed by atoms with Crippen molar-refractivity contribution in [2.45, 2.75) is 13.8 Å². The van der Waals surface area contributed by atoms with Crippen molar-refractivity contribution >= 4 is 59.9 Å². The van der Waals surface area contributed by atoms with Crippen LogP contribution in [0, 0.1) is 13.8 Å². The third-order valence-electron chi connectivity index (χ3n) is 4.19. The Labute approximate surface area is 161 Å². The monoisotopic (exact) mass is 427 g/mol. The Kier molecular flexibility index (Phi) is 4.17. The van der Waals surface area contributed by atoms with Crippen molar-refractivity contribution in [3.05, 3.63) is 73.4 Å². The smallest absolute Gasteiger partial charge is 0.345 e. The van der Waals surface area contributed by atoms with Gasteiger partial charge in [0.2, 0.25) is 0 Å². The quantitative estimate of drug-likeness (QED) is 0.421. The molecule has 2 heterocycles. The molecule has 0 saturated carbocycles. The molecule has 4 nitrogen and oxygen atoms in total. The molecule has 4 aromatic rings. The van der Waals surface area contributed by atoms with E-state index >= 15 is 0 Å². The van der Waals surface area contributed by atoms with Gasteiger partial charge in [-0.3, -0.25) is 4.79 Å². The Morgan fingerprint density at radius 1 is 1.08 bits per heavy atom. The number of benzene rings is 2. The highest BCUT2D eigenvalue weighted by Crippen LogP contribution is 2.32. The van der Waals surface area contributed by atoms with Crippen molar-refractivity contribution in [3.63, 3.8) is 0 Å². The van der Waals surface area contributed by atoms with Gasteiger partial charge in [-0.05, 0) is 55.8 Å². The van der Waals surface area contributed by atoms with Gasteiger partial charge >= 0.3 is 5.63 Å². The third-order valence-corrected chi connectivity index (χ3v) is 5.86. The molecule has 0 unspecified atom stereocenters. The van der Waals surface area contributed by atoms with Gasteiger partial charge < -0.3 is 9.73 Å². The molecule has 0 saturated heterocycles. The van der Waals surface area contributed by atoms with Crippen LogP contribution in [-0.2, 0) is 0 Å². The number of rotatable bonds is 2. The highest BCUT2D eigenvalue weighted by molar-refractivity contribution is 9.10. The first-order chi connectivity index (χ1) is 12.4. The zero-order chi connectivity index (χ0) is 18.4. The lowest BCUT2D eigenvalue weighted by atomic mass is 10.1. The van der Waals surface area contributed by atoms with Crippen LogP contribution in [0.1, 0.15) is 20.8 Å². The van der Waals surface area contributed by atoms with E-state index in [9.17, 15) is 9.59 Å². The van der Waals surface area contributed by atoms with Crippen LogP contribution in [0.15, 0.2) is 56.1 Å². The first-order valence-corrected chi connectivity index (χ1v) is 9.58. The average Bonchev–Trinajstić information content (AvgIpc) is 3.05. The summed E-state index contributed by atoms with van der Waals surface area (Å²) in [6, 6.07) is 12.9. The minimum atomic E-state index is -0.425. The predicted molar refractivity (Wildman–Crippen MR) is 109 cm³/mol. The number of hydrogen-bond acceptors (Lipinski definition) is 4. The fourth-order valence-corrected chi connectivity index (χ4v) is 4.41. The van der Waals surface area contributed by atoms with E-state index in [-0.39, 0.29) is 5.91 Å². The van der Waals surface area contributed by atoms with Gasteiger partial charge in [-0.2, -0.15) is 0 Å². The van der Waals surface area contributed by atoms with E-state index < -0.39 is 5.63 Å².